The van der Waals surface area contributed by atoms with E-state index in [-0.39, 0.29) is 17.8 Å². The molecule has 1 atom stereocenters. The van der Waals surface area contributed by atoms with Gasteiger partial charge in [0.25, 0.3) is 0 Å². The highest BCUT2D eigenvalue weighted by Crippen LogP contribution is 2.25. The third-order valence-electron chi connectivity index (χ3n) is 4.66. The Bertz CT molecular complexity index is 1020. The predicted molar refractivity (Wildman–Crippen MR) is 121 cm³/mol. The van der Waals surface area contributed by atoms with Crippen LogP contribution in [-0.4, -0.2) is 26.4 Å². The van der Waals surface area contributed by atoms with Crippen LogP contribution in [0.15, 0.2) is 47.6 Å². The van der Waals surface area contributed by atoms with Crippen molar-refractivity contribution >= 4 is 35.0 Å². The van der Waals surface area contributed by atoms with Crippen molar-refractivity contribution < 1.29 is 9.53 Å². The summed E-state index contributed by atoms with van der Waals surface area (Å²) in [5, 5.41) is 12.6. The van der Waals surface area contributed by atoms with Crippen molar-refractivity contribution in [3.8, 4) is 5.75 Å². The van der Waals surface area contributed by atoms with Gasteiger partial charge >= 0.3 is 0 Å². The van der Waals surface area contributed by atoms with Crippen molar-refractivity contribution in [2.75, 3.05) is 11.1 Å². The van der Waals surface area contributed by atoms with Crippen LogP contribution in [-0.2, 0) is 18.3 Å². The summed E-state index contributed by atoms with van der Waals surface area (Å²) in [5.74, 6) is 1.56. The summed E-state index contributed by atoms with van der Waals surface area (Å²) in [6.45, 7) is 5.97. The summed E-state index contributed by atoms with van der Waals surface area (Å²) in [4.78, 5) is 12.3. The lowest BCUT2D eigenvalue weighted by atomic mass is 10.2. The largest absolute Gasteiger partial charge is 0.483 e. The normalized spacial score (nSPS) is 11.9. The van der Waals surface area contributed by atoms with Crippen LogP contribution in [0, 0.1) is 6.92 Å². The van der Waals surface area contributed by atoms with Crippen molar-refractivity contribution in [3.05, 3.63) is 64.4 Å². The SMILES string of the molecule is CCc1ccc(O[C@H](C)c2nnc(SCC(=O)Nc3ccc(C)c(Cl)c3)n2C)cc1. The molecule has 0 radical (unpaired) electrons. The molecule has 1 amide bonds. The van der Waals surface area contributed by atoms with Crippen LogP contribution in [0.3, 0.4) is 0 Å². The number of rotatable bonds is 8. The Labute approximate surface area is 186 Å². The third kappa shape index (κ3) is 5.55. The number of benzene rings is 2. The van der Waals surface area contributed by atoms with E-state index in [0.717, 1.165) is 17.7 Å². The maximum absolute atomic E-state index is 12.3. The number of aryl methyl sites for hydroxylation is 2. The molecule has 0 aliphatic carbocycles. The number of amides is 1. The lowest BCUT2D eigenvalue weighted by Gasteiger charge is -2.14. The average Bonchev–Trinajstić information content (AvgIpc) is 3.10. The van der Waals surface area contributed by atoms with Gasteiger partial charge in [-0.15, -0.1) is 10.2 Å². The minimum Gasteiger partial charge on any atom is -0.483 e. The van der Waals surface area contributed by atoms with Crippen LogP contribution >= 0.6 is 23.4 Å². The number of nitrogens with one attached hydrogen (secondary N) is 1. The molecule has 0 fully saturated rings. The molecule has 6 nitrogen and oxygen atoms in total. The molecular formula is C22H25ClN4O2S. The van der Waals surface area contributed by atoms with Crippen LogP contribution in [0.2, 0.25) is 5.02 Å². The van der Waals surface area contributed by atoms with Crippen molar-refractivity contribution in [2.45, 2.75) is 38.5 Å². The number of ether oxygens (including phenoxy) is 1. The molecule has 3 rings (SSSR count). The molecule has 0 saturated carbocycles. The highest BCUT2D eigenvalue weighted by Gasteiger charge is 2.18. The summed E-state index contributed by atoms with van der Waals surface area (Å²) < 4.78 is 7.85. The number of hydrogen-bond donors (Lipinski definition) is 1. The summed E-state index contributed by atoms with van der Waals surface area (Å²) in [6, 6.07) is 13.5. The molecule has 1 aromatic heterocycles. The number of carbonyl (C=O) groups is 1. The van der Waals surface area contributed by atoms with E-state index in [2.05, 4.69) is 34.6 Å². The van der Waals surface area contributed by atoms with Gasteiger partial charge in [-0.25, -0.2) is 0 Å². The fraction of sp³-hybridized carbons (Fsp3) is 0.318. The second-order valence-corrected chi connectivity index (χ2v) is 8.31. The minimum absolute atomic E-state index is 0.134. The topological polar surface area (TPSA) is 69.0 Å². The van der Waals surface area contributed by atoms with E-state index >= 15 is 0 Å². The van der Waals surface area contributed by atoms with Gasteiger partial charge in [0.05, 0.1) is 5.75 Å². The molecule has 0 saturated heterocycles. The van der Waals surface area contributed by atoms with E-state index in [4.69, 9.17) is 16.3 Å². The van der Waals surface area contributed by atoms with Crippen LogP contribution in [0.25, 0.3) is 0 Å². The molecule has 1 N–H and O–H groups in total. The third-order valence-corrected chi connectivity index (χ3v) is 6.09. The van der Waals surface area contributed by atoms with Gasteiger partial charge in [-0.1, -0.05) is 48.5 Å². The second kappa shape index (κ2) is 10.00. The van der Waals surface area contributed by atoms with E-state index in [0.29, 0.717) is 21.7 Å². The van der Waals surface area contributed by atoms with Gasteiger partial charge in [-0.2, -0.15) is 0 Å². The number of thioether (sulfide) groups is 1. The molecule has 2 aromatic carbocycles. The molecule has 3 aromatic rings. The zero-order valence-electron chi connectivity index (χ0n) is 17.5. The number of aromatic nitrogens is 3. The van der Waals surface area contributed by atoms with Gasteiger partial charge in [0.1, 0.15) is 5.75 Å². The molecule has 1 heterocycles. The Morgan fingerprint density at radius 2 is 1.97 bits per heavy atom. The van der Waals surface area contributed by atoms with E-state index in [9.17, 15) is 4.79 Å². The van der Waals surface area contributed by atoms with Gasteiger partial charge in [-0.3, -0.25) is 4.79 Å². The summed E-state index contributed by atoms with van der Waals surface area (Å²) in [5.41, 5.74) is 2.90. The van der Waals surface area contributed by atoms with E-state index in [1.807, 2.05) is 49.7 Å². The zero-order chi connectivity index (χ0) is 21.7. The maximum atomic E-state index is 12.3. The van der Waals surface area contributed by atoms with Crippen LogP contribution < -0.4 is 10.1 Å². The Morgan fingerprint density at radius 1 is 1.23 bits per heavy atom. The summed E-state index contributed by atoms with van der Waals surface area (Å²) >= 11 is 7.43. The first kappa shape index (κ1) is 22.2. The molecule has 0 unspecified atom stereocenters. The van der Waals surface area contributed by atoms with Crippen molar-refractivity contribution in [3.63, 3.8) is 0 Å². The van der Waals surface area contributed by atoms with E-state index in [1.165, 1.54) is 17.3 Å². The lowest BCUT2D eigenvalue weighted by molar-refractivity contribution is -0.113. The molecule has 158 valence electrons. The number of hydrogen-bond acceptors (Lipinski definition) is 5. The number of nitrogens with zero attached hydrogens (tertiary/aromatic N) is 3. The van der Waals surface area contributed by atoms with Crippen LogP contribution in [0.4, 0.5) is 5.69 Å². The first-order chi connectivity index (χ1) is 14.4. The smallest absolute Gasteiger partial charge is 0.234 e. The molecule has 0 aliphatic heterocycles. The van der Waals surface area contributed by atoms with Crippen molar-refractivity contribution in [1.82, 2.24) is 14.8 Å². The van der Waals surface area contributed by atoms with Gasteiger partial charge < -0.3 is 14.6 Å². The maximum Gasteiger partial charge on any atom is 0.234 e. The van der Waals surface area contributed by atoms with Gasteiger partial charge in [0.15, 0.2) is 17.1 Å². The number of carbonyl (C=O) groups excluding carboxylic acids is 1. The first-order valence-electron chi connectivity index (χ1n) is 9.71. The molecule has 0 bridgehead atoms. The molecule has 30 heavy (non-hydrogen) atoms. The van der Waals surface area contributed by atoms with Crippen molar-refractivity contribution in [1.29, 1.82) is 0 Å². The molecular weight excluding hydrogens is 420 g/mol. The monoisotopic (exact) mass is 444 g/mol. The van der Waals surface area contributed by atoms with Crippen LogP contribution in [0.5, 0.6) is 5.75 Å². The Hall–Kier alpha value is -2.51. The van der Waals surface area contributed by atoms with E-state index in [1.54, 1.807) is 6.07 Å². The molecule has 8 heteroatoms. The Morgan fingerprint density at radius 3 is 2.63 bits per heavy atom. The first-order valence-corrected chi connectivity index (χ1v) is 11.1. The summed E-state index contributed by atoms with van der Waals surface area (Å²) in [6.07, 6.45) is 0.720. The van der Waals surface area contributed by atoms with E-state index < -0.39 is 0 Å². The lowest BCUT2D eigenvalue weighted by Crippen LogP contribution is -2.15. The Balaban J connectivity index is 1.57. The highest BCUT2D eigenvalue weighted by molar-refractivity contribution is 7.99. The summed E-state index contributed by atoms with van der Waals surface area (Å²) in [7, 11) is 1.87. The fourth-order valence-corrected chi connectivity index (χ4v) is 3.76. The number of anilines is 1. The Kier molecular flexibility index (Phi) is 7.39. The van der Waals surface area contributed by atoms with Gasteiger partial charge in [0.2, 0.25) is 5.91 Å². The predicted octanol–water partition coefficient (Wildman–Crippen LogP) is 5.21. The number of halogens is 1. The quantitative estimate of drug-likeness (QED) is 0.483. The van der Waals surface area contributed by atoms with Gasteiger partial charge in [0, 0.05) is 17.8 Å². The second-order valence-electron chi connectivity index (χ2n) is 6.96. The standard InChI is InChI=1S/C22H25ClN4O2S/c1-5-16-7-10-18(11-8-16)29-15(3)21-25-26-22(27(21)4)30-13-20(28)24-17-9-6-14(2)19(23)12-17/h6-12,15H,5,13H2,1-4H3,(H,24,28)/t15-/m1/s1. The highest BCUT2D eigenvalue weighted by atomic mass is 35.5. The zero-order valence-corrected chi connectivity index (χ0v) is 19.0. The van der Waals surface area contributed by atoms with Crippen molar-refractivity contribution in [2.24, 2.45) is 7.05 Å². The minimum atomic E-state index is -0.271. The van der Waals surface area contributed by atoms with Crippen LogP contribution in [0.1, 0.15) is 36.9 Å². The molecule has 0 aliphatic rings. The molecule has 0 spiro atoms. The van der Waals surface area contributed by atoms with Gasteiger partial charge in [-0.05, 0) is 55.7 Å². The average molecular weight is 445 g/mol. The fourth-order valence-electron chi connectivity index (χ4n) is 2.86.